The first kappa shape index (κ1) is 46.6. The van der Waals surface area contributed by atoms with Crippen LogP contribution >= 0.6 is 0 Å². The van der Waals surface area contributed by atoms with Crippen LogP contribution in [0.5, 0.6) is 0 Å². The first-order chi connectivity index (χ1) is 22.7. The van der Waals surface area contributed by atoms with Crippen LogP contribution in [0.15, 0.2) is 54.6 Å². The normalized spacial score (nSPS) is 22.8. The number of carbonyl (C=O) groups is 2. The summed E-state index contributed by atoms with van der Waals surface area (Å²) in [7, 11) is -2.93. The van der Waals surface area contributed by atoms with Gasteiger partial charge in [-0.25, -0.2) is 8.42 Å². The average Bonchev–Trinajstić information content (AvgIpc) is 3.59. The van der Waals surface area contributed by atoms with E-state index in [4.69, 9.17) is 4.74 Å². The molecule has 5 atom stereocenters. The minimum absolute atomic E-state index is 0.101. The lowest BCUT2D eigenvalue weighted by molar-refractivity contribution is -0.154. The number of cyclic esters (lactones) is 2. The molecule has 3 fully saturated rings. The van der Waals surface area contributed by atoms with E-state index in [1.54, 1.807) is 0 Å². The van der Waals surface area contributed by atoms with Gasteiger partial charge in [0.2, 0.25) is 0 Å². The van der Waals surface area contributed by atoms with Gasteiger partial charge in [0, 0.05) is 6.26 Å². The van der Waals surface area contributed by atoms with Crippen molar-refractivity contribution < 1.29 is 22.7 Å². The lowest BCUT2D eigenvalue weighted by Gasteiger charge is -2.37. The number of rotatable bonds is 2. The maximum atomic E-state index is 11.7. The monoisotopic (exact) mass is 727 g/mol. The summed E-state index contributed by atoms with van der Waals surface area (Å²) < 4.78 is 27.0. The topological polar surface area (TPSA) is 77.5 Å². The number of sulfone groups is 1. The quantitative estimate of drug-likeness (QED) is 0.227. The van der Waals surface area contributed by atoms with E-state index in [-0.39, 0.29) is 40.4 Å². The smallest absolute Gasteiger partial charge is 0.317 e. The fraction of sp³-hybridized carbons (Fsp3) is 0.689. The Morgan fingerprint density at radius 3 is 1.33 bits per heavy atom. The molecule has 1 saturated heterocycles. The second-order valence-electron chi connectivity index (χ2n) is 21.3. The minimum Gasteiger partial charge on any atom is -0.393 e. The molecule has 5 unspecified atom stereocenters. The molecule has 1 heterocycles. The number of fused-ring (bicyclic) bond motifs is 5. The SMILES string of the molecule is CC(C)(C)C.CC(C)(C)C.CC(C)(C)C1CC2CC1C1C(=O)OC(=O)C21.CC(C)(C)c1ccc(CS(C)(=O)=O)cc1.CC(C)(C)c1ccccc1. The molecule has 5 rings (SSSR count). The highest BCUT2D eigenvalue weighted by Gasteiger charge is 2.64. The third-order valence-electron chi connectivity index (χ3n) is 8.75. The van der Waals surface area contributed by atoms with Crippen molar-refractivity contribution in [2.45, 2.75) is 147 Å². The van der Waals surface area contributed by atoms with Gasteiger partial charge in [0.25, 0.3) is 0 Å². The van der Waals surface area contributed by atoms with Gasteiger partial charge in [-0.15, -0.1) is 0 Å². The molecule has 290 valence electrons. The summed E-state index contributed by atoms with van der Waals surface area (Å²) >= 11 is 0. The number of hydrogen-bond donors (Lipinski definition) is 0. The maximum Gasteiger partial charge on any atom is 0.317 e. The van der Waals surface area contributed by atoms with E-state index in [9.17, 15) is 18.0 Å². The van der Waals surface area contributed by atoms with Crippen LogP contribution in [0.3, 0.4) is 0 Å². The summed E-state index contributed by atoms with van der Waals surface area (Å²) in [6.07, 6.45) is 3.40. The summed E-state index contributed by atoms with van der Waals surface area (Å²) in [4.78, 5) is 23.3. The van der Waals surface area contributed by atoms with E-state index in [0.29, 0.717) is 34.0 Å². The van der Waals surface area contributed by atoms with Crippen LogP contribution in [-0.2, 0) is 40.7 Å². The van der Waals surface area contributed by atoms with Gasteiger partial charge in [0.05, 0.1) is 17.6 Å². The molecular weight excluding hydrogens is 653 g/mol. The fourth-order valence-corrected chi connectivity index (χ4v) is 7.39. The van der Waals surface area contributed by atoms with Gasteiger partial charge < -0.3 is 4.74 Å². The molecular formula is C45H74O5S. The molecule has 3 aliphatic rings. The van der Waals surface area contributed by atoms with Gasteiger partial charge in [0.15, 0.2) is 9.84 Å². The Balaban J connectivity index is 0.000000344. The summed E-state index contributed by atoms with van der Waals surface area (Å²) in [6.45, 7) is 37.3. The zero-order valence-electron chi connectivity index (χ0n) is 35.7. The van der Waals surface area contributed by atoms with E-state index in [0.717, 1.165) is 18.4 Å². The molecule has 2 bridgehead atoms. The number of benzene rings is 2. The van der Waals surface area contributed by atoms with Crippen molar-refractivity contribution in [2.24, 2.45) is 45.8 Å². The first-order valence-electron chi connectivity index (χ1n) is 18.8. The zero-order valence-corrected chi connectivity index (χ0v) is 36.5. The van der Waals surface area contributed by atoms with Crippen molar-refractivity contribution in [1.82, 2.24) is 0 Å². The Morgan fingerprint density at radius 2 is 0.980 bits per heavy atom. The average molecular weight is 727 g/mol. The molecule has 2 saturated carbocycles. The predicted octanol–water partition coefficient (Wildman–Crippen LogP) is 11.6. The molecule has 0 aromatic heterocycles. The standard InChI is InChI=1S/C13H18O3.C12H18O2S.C10H14.2C5H12/c1-13(2,3)8-5-6-4-7(8)10-9(6)11(14)16-12(10)15;1-12(2,3)11-7-5-10(6-8-11)9-15(4,13)14;1-10(2,3)9-7-5-4-6-8-9;2*1-5(2,3)4/h6-10H,4-5H2,1-3H3;5-8H,9H2,1-4H3;4-8H,1-3H3;2*1-4H3. The van der Waals surface area contributed by atoms with E-state index in [1.807, 2.05) is 24.3 Å². The highest BCUT2D eigenvalue weighted by Crippen LogP contribution is 2.61. The largest absolute Gasteiger partial charge is 0.393 e. The highest BCUT2D eigenvalue weighted by atomic mass is 32.2. The second kappa shape index (κ2) is 17.6. The van der Waals surface area contributed by atoms with Gasteiger partial charge in [-0.1, -0.05) is 172 Å². The van der Waals surface area contributed by atoms with Crippen molar-refractivity contribution >= 4 is 21.8 Å². The lowest BCUT2D eigenvalue weighted by Crippen LogP contribution is -2.36. The Hall–Kier alpha value is -2.47. The zero-order chi connectivity index (χ0) is 40.0. The Bertz CT molecular complexity index is 1460. The number of hydrogen-bond acceptors (Lipinski definition) is 5. The molecule has 51 heavy (non-hydrogen) atoms. The fourth-order valence-electron chi connectivity index (χ4n) is 6.59. The minimum atomic E-state index is -2.93. The first-order valence-corrected chi connectivity index (χ1v) is 20.8. The molecule has 0 spiro atoms. The van der Waals surface area contributed by atoms with Crippen LogP contribution in [0.4, 0.5) is 0 Å². The van der Waals surface area contributed by atoms with E-state index in [1.165, 1.54) is 17.4 Å². The molecule has 0 amide bonds. The maximum absolute atomic E-state index is 11.7. The van der Waals surface area contributed by atoms with Crippen molar-refractivity contribution in [3.05, 3.63) is 71.3 Å². The predicted molar refractivity (Wildman–Crippen MR) is 216 cm³/mol. The molecule has 2 aromatic carbocycles. The van der Waals surface area contributed by atoms with Gasteiger partial charge in [-0.05, 0) is 74.4 Å². The molecule has 2 aliphatic carbocycles. The molecule has 0 radical (unpaired) electrons. The molecule has 5 nitrogen and oxygen atoms in total. The third kappa shape index (κ3) is 17.7. The van der Waals surface area contributed by atoms with E-state index in [2.05, 4.69) is 148 Å². The lowest BCUT2D eigenvalue weighted by atomic mass is 9.66. The van der Waals surface area contributed by atoms with Crippen LogP contribution in [0.1, 0.15) is 147 Å². The Kier molecular flexibility index (Phi) is 16.0. The second-order valence-corrected chi connectivity index (χ2v) is 23.4. The van der Waals surface area contributed by atoms with Crippen LogP contribution in [-0.4, -0.2) is 26.6 Å². The van der Waals surface area contributed by atoms with Gasteiger partial charge in [-0.2, -0.15) is 0 Å². The van der Waals surface area contributed by atoms with Crippen LogP contribution in [0, 0.1) is 45.8 Å². The van der Waals surface area contributed by atoms with Crippen LogP contribution in [0.25, 0.3) is 0 Å². The third-order valence-corrected chi connectivity index (χ3v) is 9.61. The van der Waals surface area contributed by atoms with Gasteiger partial charge in [-0.3, -0.25) is 9.59 Å². The summed E-state index contributed by atoms with van der Waals surface area (Å²) in [5.41, 5.74) is 5.11. The molecule has 2 aromatic rings. The van der Waals surface area contributed by atoms with Gasteiger partial charge in [0.1, 0.15) is 0 Å². The van der Waals surface area contributed by atoms with E-state index >= 15 is 0 Å². The summed E-state index contributed by atoms with van der Waals surface area (Å²) in [5, 5.41) is 0. The summed E-state index contributed by atoms with van der Waals surface area (Å²) in [5.74, 6) is 0.749. The number of ether oxygens (including phenoxy) is 1. The van der Waals surface area contributed by atoms with E-state index < -0.39 is 9.84 Å². The van der Waals surface area contributed by atoms with Crippen LogP contribution in [0.2, 0.25) is 0 Å². The van der Waals surface area contributed by atoms with Crippen molar-refractivity contribution in [2.75, 3.05) is 6.26 Å². The van der Waals surface area contributed by atoms with Crippen molar-refractivity contribution in [1.29, 1.82) is 0 Å². The Labute approximate surface area is 314 Å². The molecule has 0 N–H and O–H groups in total. The van der Waals surface area contributed by atoms with Crippen molar-refractivity contribution in [3.8, 4) is 0 Å². The Morgan fingerprint density at radius 1 is 0.588 bits per heavy atom. The number of carbonyl (C=O) groups excluding carboxylic acids is 2. The molecule has 1 aliphatic heterocycles. The van der Waals surface area contributed by atoms with Crippen molar-refractivity contribution in [3.63, 3.8) is 0 Å². The van der Waals surface area contributed by atoms with Gasteiger partial charge >= 0.3 is 11.9 Å². The summed E-state index contributed by atoms with van der Waals surface area (Å²) in [6, 6.07) is 18.3. The number of esters is 2. The van der Waals surface area contributed by atoms with Crippen LogP contribution < -0.4 is 0 Å². The highest BCUT2D eigenvalue weighted by molar-refractivity contribution is 7.89. The molecule has 6 heteroatoms.